The first-order valence-corrected chi connectivity index (χ1v) is 7.34. The summed E-state index contributed by atoms with van der Waals surface area (Å²) in [6.45, 7) is 3.86. The average molecular weight is 307 g/mol. The lowest BCUT2D eigenvalue weighted by atomic mass is 10.1. The maximum Gasteiger partial charge on any atom is 0.262 e. The normalized spacial score (nSPS) is 10.5. The Morgan fingerprint density at radius 2 is 2.00 bits per heavy atom. The number of ether oxygens (including phenoxy) is 1. The zero-order valence-corrected chi connectivity index (χ0v) is 13.0. The third-order valence-electron chi connectivity index (χ3n) is 3.53. The standard InChI is InChI=1S/C18H17N3O2/c1-12-7-8-16(13(2)9-12)20-17(22)11-23-18-15-6-4-3-5-14(15)10-19-21-18/h3-10H,11H2,1-2H3,(H,20,22). The second-order valence-corrected chi connectivity index (χ2v) is 5.39. The highest BCUT2D eigenvalue weighted by Crippen LogP contribution is 2.21. The van der Waals surface area contributed by atoms with Gasteiger partial charge in [0.05, 0.1) is 6.20 Å². The predicted molar refractivity (Wildman–Crippen MR) is 89.6 cm³/mol. The van der Waals surface area contributed by atoms with Crippen molar-refractivity contribution >= 4 is 22.4 Å². The Hall–Kier alpha value is -2.95. The maximum absolute atomic E-state index is 12.1. The summed E-state index contributed by atoms with van der Waals surface area (Å²) in [6.07, 6.45) is 1.66. The zero-order chi connectivity index (χ0) is 16.2. The number of aromatic nitrogens is 2. The highest BCUT2D eigenvalue weighted by atomic mass is 16.5. The molecule has 5 nitrogen and oxygen atoms in total. The fourth-order valence-electron chi connectivity index (χ4n) is 2.38. The minimum absolute atomic E-state index is 0.115. The molecule has 0 saturated carbocycles. The molecular weight excluding hydrogens is 290 g/mol. The molecule has 0 aliphatic carbocycles. The number of amides is 1. The SMILES string of the molecule is Cc1ccc(NC(=O)COc2nncc3ccccc23)c(C)c1. The third kappa shape index (κ3) is 3.45. The third-order valence-corrected chi connectivity index (χ3v) is 3.53. The molecule has 0 aliphatic rings. The number of anilines is 1. The van der Waals surface area contributed by atoms with Crippen LogP contribution in [0.2, 0.25) is 0 Å². The van der Waals surface area contributed by atoms with Crippen molar-refractivity contribution in [1.29, 1.82) is 0 Å². The number of hydrogen-bond donors (Lipinski definition) is 1. The van der Waals surface area contributed by atoms with Crippen molar-refractivity contribution in [2.24, 2.45) is 0 Å². The van der Waals surface area contributed by atoms with Crippen LogP contribution in [0.25, 0.3) is 10.8 Å². The fraction of sp³-hybridized carbons (Fsp3) is 0.167. The number of hydrogen-bond acceptors (Lipinski definition) is 4. The lowest BCUT2D eigenvalue weighted by Gasteiger charge is -2.10. The molecule has 5 heteroatoms. The van der Waals surface area contributed by atoms with Gasteiger partial charge in [-0.05, 0) is 31.5 Å². The molecule has 0 saturated heterocycles. The predicted octanol–water partition coefficient (Wildman–Crippen LogP) is 3.26. The van der Waals surface area contributed by atoms with Gasteiger partial charge in [-0.1, -0.05) is 35.9 Å². The van der Waals surface area contributed by atoms with Gasteiger partial charge in [-0.3, -0.25) is 4.79 Å². The summed E-state index contributed by atoms with van der Waals surface area (Å²) in [6, 6.07) is 13.5. The van der Waals surface area contributed by atoms with Crippen LogP contribution in [0, 0.1) is 13.8 Å². The molecule has 0 radical (unpaired) electrons. The minimum Gasteiger partial charge on any atom is -0.466 e. The molecule has 23 heavy (non-hydrogen) atoms. The summed E-state index contributed by atoms with van der Waals surface area (Å²) >= 11 is 0. The number of carbonyl (C=O) groups excluding carboxylic acids is 1. The largest absolute Gasteiger partial charge is 0.466 e. The van der Waals surface area contributed by atoms with E-state index in [4.69, 9.17) is 4.74 Å². The fourth-order valence-corrected chi connectivity index (χ4v) is 2.38. The molecule has 0 bridgehead atoms. The van der Waals surface area contributed by atoms with E-state index in [0.717, 1.165) is 27.6 Å². The van der Waals surface area contributed by atoms with Crippen LogP contribution >= 0.6 is 0 Å². The van der Waals surface area contributed by atoms with E-state index in [2.05, 4.69) is 15.5 Å². The topological polar surface area (TPSA) is 64.1 Å². The molecule has 1 amide bonds. The van der Waals surface area contributed by atoms with Gasteiger partial charge >= 0.3 is 0 Å². The number of benzene rings is 2. The number of nitrogens with zero attached hydrogens (tertiary/aromatic N) is 2. The molecule has 3 rings (SSSR count). The van der Waals surface area contributed by atoms with E-state index in [1.165, 1.54) is 0 Å². The summed E-state index contributed by atoms with van der Waals surface area (Å²) in [7, 11) is 0. The zero-order valence-electron chi connectivity index (χ0n) is 13.0. The van der Waals surface area contributed by atoms with Crippen LogP contribution in [0.15, 0.2) is 48.7 Å². The van der Waals surface area contributed by atoms with E-state index >= 15 is 0 Å². The van der Waals surface area contributed by atoms with Gasteiger partial charge in [0.1, 0.15) is 0 Å². The van der Waals surface area contributed by atoms with Crippen LogP contribution in [0.4, 0.5) is 5.69 Å². The van der Waals surface area contributed by atoms with E-state index in [1.807, 2.05) is 56.3 Å². The molecule has 0 aliphatic heterocycles. The van der Waals surface area contributed by atoms with E-state index in [9.17, 15) is 4.79 Å². The van der Waals surface area contributed by atoms with Crippen LogP contribution < -0.4 is 10.1 Å². The first-order chi connectivity index (χ1) is 11.1. The minimum atomic E-state index is -0.230. The number of carbonyl (C=O) groups is 1. The Balaban J connectivity index is 1.69. The van der Waals surface area contributed by atoms with Crippen LogP contribution in [-0.2, 0) is 4.79 Å². The van der Waals surface area contributed by atoms with Gasteiger partial charge in [-0.25, -0.2) is 0 Å². The van der Waals surface area contributed by atoms with Gasteiger partial charge < -0.3 is 10.1 Å². The highest BCUT2D eigenvalue weighted by molar-refractivity contribution is 5.93. The molecule has 0 spiro atoms. The molecule has 0 unspecified atom stereocenters. The number of nitrogens with one attached hydrogen (secondary N) is 1. The van der Waals surface area contributed by atoms with E-state index < -0.39 is 0 Å². The van der Waals surface area contributed by atoms with Gasteiger partial charge in [0, 0.05) is 16.5 Å². The summed E-state index contributed by atoms with van der Waals surface area (Å²) in [5, 5.41) is 12.5. The van der Waals surface area contributed by atoms with Crippen molar-refractivity contribution in [2.75, 3.05) is 11.9 Å². The first-order valence-electron chi connectivity index (χ1n) is 7.34. The van der Waals surface area contributed by atoms with Crippen LogP contribution in [0.3, 0.4) is 0 Å². The average Bonchev–Trinajstić information content (AvgIpc) is 2.55. The Bertz CT molecular complexity index is 857. The van der Waals surface area contributed by atoms with Crippen molar-refractivity contribution in [3.63, 3.8) is 0 Å². The summed E-state index contributed by atoms with van der Waals surface area (Å²) in [5.41, 5.74) is 2.96. The molecule has 1 heterocycles. The molecular formula is C18H17N3O2. The van der Waals surface area contributed by atoms with Crippen LogP contribution in [0.1, 0.15) is 11.1 Å². The molecule has 0 atom stereocenters. The van der Waals surface area contributed by atoms with Gasteiger partial charge in [0.25, 0.3) is 5.91 Å². The Labute approximate surface area is 134 Å². The lowest BCUT2D eigenvalue weighted by molar-refractivity contribution is -0.118. The second kappa shape index (κ2) is 6.44. The van der Waals surface area contributed by atoms with E-state index in [-0.39, 0.29) is 12.5 Å². The summed E-state index contributed by atoms with van der Waals surface area (Å²) < 4.78 is 5.53. The molecule has 2 aromatic carbocycles. The number of rotatable bonds is 4. The van der Waals surface area contributed by atoms with Crippen molar-refractivity contribution in [2.45, 2.75) is 13.8 Å². The molecule has 1 N–H and O–H groups in total. The smallest absolute Gasteiger partial charge is 0.262 e. The summed E-state index contributed by atoms with van der Waals surface area (Å²) in [5.74, 6) is 0.130. The van der Waals surface area contributed by atoms with E-state index in [1.54, 1.807) is 6.20 Å². The van der Waals surface area contributed by atoms with Crippen molar-refractivity contribution in [3.8, 4) is 5.88 Å². The number of fused-ring (bicyclic) bond motifs is 1. The van der Waals surface area contributed by atoms with Gasteiger partial charge in [0.15, 0.2) is 6.61 Å². The van der Waals surface area contributed by atoms with Crippen LogP contribution in [0.5, 0.6) is 5.88 Å². The van der Waals surface area contributed by atoms with E-state index in [0.29, 0.717) is 5.88 Å². The monoisotopic (exact) mass is 307 g/mol. The second-order valence-electron chi connectivity index (χ2n) is 5.39. The van der Waals surface area contributed by atoms with Gasteiger partial charge in [-0.15, -0.1) is 5.10 Å². The van der Waals surface area contributed by atoms with Crippen molar-refractivity contribution in [3.05, 3.63) is 59.8 Å². The Morgan fingerprint density at radius 1 is 1.17 bits per heavy atom. The van der Waals surface area contributed by atoms with Crippen molar-refractivity contribution < 1.29 is 9.53 Å². The molecule has 3 aromatic rings. The van der Waals surface area contributed by atoms with Gasteiger partial charge in [0.2, 0.25) is 5.88 Å². The Morgan fingerprint density at radius 3 is 2.83 bits per heavy atom. The van der Waals surface area contributed by atoms with Crippen LogP contribution in [-0.4, -0.2) is 22.7 Å². The highest BCUT2D eigenvalue weighted by Gasteiger charge is 2.09. The quantitative estimate of drug-likeness (QED) is 0.803. The van der Waals surface area contributed by atoms with Crippen molar-refractivity contribution in [1.82, 2.24) is 10.2 Å². The van der Waals surface area contributed by atoms with Gasteiger partial charge in [-0.2, -0.15) is 5.10 Å². The molecule has 116 valence electrons. The first kappa shape index (κ1) is 15.0. The molecule has 1 aromatic heterocycles. The summed E-state index contributed by atoms with van der Waals surface area (Å²) in [4.78, 5) is 12.1. The Kier molecular flexibility index (Phi) is 4.19. The molecule has 0 fully saturated rings. The maximum atomic E-state index is 12.1. The lowest BCUT2D eigenvalue weighted by Crippen LogP contribution is -2.21. The number of aryl methyl sites for hydroxylation is 2.